The van der Waals surface area contributed by atoms with E-state index in [4.69, 9.17) is 14.8 Å². The van der Waals surface area contributed by atoms with Gasteiger partial charge in [-0.1, -0.05) is 25.5 Å². The summed E-state index contributed by atoms with van der Waals surface area (Å²) in [5.41, 5.74) is 3.70. The number of carbonyl (C=O) groups excluding carboxylic acids is 1. The molecule has 7 heteroatoms. The van der Waals surface area contributed by atoms with Crippen molar-refractivity contribution >= 4 is 22.9 Å². The number of fused-ring (bicyclic) bond motifs is 1. The molecule has 1 fully saturated rings. The zero-order valence-corrected chi connectivity index (χ0v) is 17.7. The van der Waals surface area contributed by atoms with Gasteiger partial charge in [0.05, 0.1) is 29.8 Å². The summed E-state index contributed by atoms with van der Waals surface area (Å²) in [6.45, 7) is 5.07. The van der Waals surface area contributed by atoms with Crippen molar-refractivity contribution in [1.29, 1.82) is 0 Å². The molecule has 0 spiro atoms. The molecule has 1 amide bonds. The van der Waals surface area contributed by atoms with E-state index in [1.807, 2.05) is 35.2 Å². The first-order chi connectivity index (χ1) is 15.1. The normalized spacial score (nSPS) is 14.2. The Hall–Kier alpha value is -3.19. The van der Waals surface area contributed by atoms with Crippen molar-refractivity contribution in [2.45, 2.75) is 32.7 Å². The van der Waals surface area contributed by atoms with Gasteiger partial charge in [0.25, 0.3) is 5.91 Å². The first-order valence-corrected chi connectivity index (χ1v) is 10.7. The predicted octanol–water partition coefficient (Wildman–Crippen LogP) is 3.60. The first-order valence-electron chi connectivity index (χ1n) is 10.7. The third kappa shape index (κ3) is 4.61. The van der Waals surface area contributed by atoms with E-state index < -0.39 is 5.97 Å². The van der Waals surface area contributed by atoms with Gasteiger partial charge in [-0.2, -0.15) is 0 Å². The van der Waals surface area contributed by atoms with E-state index in [1.165, 1.54) is 0 Å². The number of imidazole rings is 1. The van der Waals surface area contributed by atoms with Crippen molar-refractivity contribution in [3.63, 3.8) is 0 Å². The van der Waals surface area contributed by atoms with Gasteiger partial charge >= 0.3 is 5.97 Å². The number of ether oxygens (including phenoxy) is 1. The largest absolute Gasteiger partial charge is 0.478 e. The molecule has 0 atom stereocenters. The molecule has 7 nitrogen and oxygen atoms in total. The standard InChI is InChI=1S/C24H27N3O4/c1-2-3-4-22-25-20-10-9-19(23(28)26-11-13-31-14-12-26)15-21(20)27(22)16-17-5-7-18(8-6-17)24(29)30/h5-10,15H,2-4,11-14,16H2,1H3,(H,29,30). The molecule has 2 aromatic carbocycles. The topological polar surface area (TPSA) is 84.7 Å². The van der Waals surface area contributed by atoms with Crippen LogP contribution in [0.2, 0.25) is 0 Å². The van der Waals surface area contributed by atoms with Crippen LogP contribution in [0.15, 0.2) is 42.5 Å². The molecular formula is C24H27N3O4. The second kappa shape index (κ2) is 9.31. The SMILES string of the molecule is CCCCc1nc2ccc(C(=O)N3CCOCC3)cc2n1Cc1ccc(C(=O)O)cc1. The summed E-state index contributed by atoms with van der Waals surface area (Å²) >= 11 is 0. The molecule has 0 bridgehead atoms. The van der Waals surface area contributed by atoms with E-state index in [9.17, 15) is 9.59 Å². The van der Waals surface area contributed by atoms with E-state index in [1.54, 1.807) is 12.1 Å². The summed E-state index contributed by atoms with van der Waals surface area (Å²) in [7, 11) is 0. The third-order valence-electron chi connectivity index (χ3n) is 5.67. The summed E-state index contributed by atoms with van der Waals surface area (Å²) in [4.78, 5) is 30.8. The van der Waals surface area contributed by atoms with Crippen LogP contribution in [0.4, 0.5) is 0 Å². The number of aromatic nitrogens is 2. The predicted molar refractivity (Wildman–Crippen MR) is 118 cm³/mol. The van der Waals surface area contributed by atoms with Crippen LogP contribution in [-0.2, 0) is 17.7 Å². The van der Waals surface area contributed by atoms with Gasteiger partial charge in [0, 0.05) is 31.6 Å². The number of hydrogen-bond acceptors (Lipinski definition) is 4. The van der Waals surface area contributed by atoms with Crippen LogP contribution in [0, 0.1) is 0 Å². The molecule has 0 radical (unpaired) electrons. The van der Waals surface area contributed by atoms with Gasteiger partial charge in [-0.05, 0) is 42.3 Å². The molecule has 31 heavy (non-hydrogen) atoms. The lowest BCUT2D eigenvalue weighted by Gasteiger charge is -2.26. The average Bonchev–Trinajstić information content (AvgIpc) is 3.14. The molecule has 0 unspecified atom stereocenters. The van der Waals surface area contributed by atoms with Crippen molar-refractivity contribution in [3.8, 4) is 0 Å². The van der Waals surface area contributed by atoms with Crippen molar-refractivity contribution in [2.75, 3.05) is 26.3 Å². The number of rotatable bonds is 7. The molecule has 0 saturated carbocycles. The van der Waals surface area contributed by atoms with Crippen molar-refractivity contribution in [3.05, 3.63) is 65.0 Å². The molecule has 1 aliphatic rings. The maximum Gasteiger partial charge on any atom is 0.335 e. The number of carboxylic acid groups (broad SMARTS) is 1. The van der Waals surface area contributed by atoms with Crippen LogP contribution in [0.5, 0.6) is 0 Å². The van der Waals surface area contributed by atoms with E-state index in [0.717, 1.165) is 41.7 Å². The number of morpholine rings is 1. The summed E-state index contributed by atoms with van der Waals surface area (Å²) in [6.07, 6.45) is 2.95. The van der Waals surface area contributed by atoms with Crippen LogP contribution >= 0.6 is 0 Å². The van der Waals surface area contributed by atoms with Crippen molar-refractivity contribution in [1.82, 2.24) is 14.5 Å². The van der Waals surface area contributed by atoms with Gasteiger partial charge in [-0.15, -0.1) is 0 Å². The lowest BCUT2D eigenvalue weighted by molar-refractivity contribution is 0.0303. The van der Waals surface area contributed by atoms with Crippen LogP contribution in [-0.4, -0.2) is 57.7 Å². The van der Waals surface area contributed by atoms with Gasteiger partial charge in [-0.3, -0.25) is 4.79 Å². The molecule has 1 N–H and O–H groups in total. The number of amides is 1. The van der Waals surface area contributed by atoms with E-state index in [-0.39, 0.29) is 11.5 Å². The van der Waals surface area contributed by atoms with E-state index in [2.05, 4.69) is 11.5 Å². The quantitative estimate of drug-likeness (QED) is 0.630. The van der Waals surface area contributed by atoms with E-state index in [0.29, 0.717) is 38.4 Å². The number of unbranched alkanes of at least 4 members (excludes halogenated alkanes) is 1. The fraction of sp³-hybridized carbons (Fsp3) is 0.375. The molecule has 4 rings (SSSR count). The van der Waals surface area contributed by atoms with Crippen LogP contribution in [0.1, 0.15) is 51.9 Å². The van der Waals surface area contributed by atoms with Crippen LogP contribution < -0.4 is 0 Å². The minimum absolute atomic E-state index is 0.0128. The first kappa shape index (κ1) is 21.1. The molecule has 3 aromatic rings. The fourth-order valence-corrected chi connectivity index (χ4v) is 3.89. The summed E-state index contributed by atoms with van der Waals surface area (Å²) in [6, 6.07) is 12.6. The Morgan fingerprint density at radius 1 is 1.06 bits per heavy atom. The highest BCUT2D eigenvalue weighted by molar-refractivity contribution is 5.97. The molecule has 0 aliphatic carbocycles. The van der Waals surface area contributed by atoms with Crippen molar-refractivity contribution in [2.24, 2.45) is 0 Å². The Kier molecular flexibility index (Phi) is 6.32. The van der Waals surface area contributed by atoms with Gasteiger partial charge < -0.3 is 19.3 Å². The highest BCUT2D eigenvalue weighted by atomic mass is 16.5. The number of carboxylic acids is 1. The minimum Gasteiger partial charge on any atom is -0.478 e. The number of aromatic carboxylic acids is 1. The zero-order valence-electron chi connectivity index (χ0n) is 17.7. The monoisotopic (exact) mass is 421 g/mol. The Labute approximate surface area is 181 Å². The Morgan fingerprint density at radius 3 is 2.45 bits per heavy atom. The van der Waals surface area contributed by atoms with Gasteiger partial charge in [0.15, 0.2) is 0 Å². The van der Waals surface area contributed by atoms with Gasteiger partial charge in [0.1, 0.15) is 5.82 Å². The number of nitrogens with zero attached hydrogens (tertiary/aromatic N) is 3. The Bertz CT molecular complexity index is 1080. The number of benzene rings is 2. The Morgan fingerprint density at radius 2 is 1.77 bits per heavy atom. The fourth-order valence-electron chi connectivity index (χ4n) is 3.89. The number of carbonyl (C=O) groups is 2. The molecule has 162 valence electrons. The van der Waals surface area contributed by atoms with Gasteiger partial charge in [0.2, 0.25) is 0 Å². The maximum atomic E-state index is 13.0. The highest BCUT2D eigenvalue weighted by Crippen LogP contribution is 2.22. The molecule has 1 aliphatic heterocycles. The average molecular weight is 421 g/mol. The smallest absolute Gasteiger partial charge is 0.335 e. The molecule has 1 aromatic heterocycles. The molecular weight excluding hydrogens is 394 g/mol. The lowest BCUT2D eigenvalue weighted by Crippen LogP contribution is -2.40. The van der Waals surface area contributed by atoms with Crippen LogP contribution in [0.3, 0.4) is 0 Å². The molecule has 1 saturated heterocycles. The second-order valence-corrected chi connectivity index (χ2v) is 7.83. The summed E-state index contributed by atoms with van der Waals surface area (Å²) in [5.74, 6) is 0.0588. The number of hydrogen-bond donors (Lipinski definition) is 1. The van der Waals surface area contributed by atoms with E-state index >= 15 is 0 Å². The van der Waals surface area contributed by atoms with Crippen molar-refractivity contribution < 1.29 is 19.4 Å². The maximum absolute atomic E-state index is 13.0. The second-order valence-electron chi connectivity index (χ2n) is 7.83. The number of aryl methyl sites for hydroxylation is 1. The van der Waals surface area contributed by atoms with Crippen LogP contribution in [0.25, 0.3) is 11.0 Å². The summed E-state index contributed by atoms with van der Waals surface area (Å²) < 4.78 is 7.51. The highest BCUT2D eigenvalue weighted by Gasteiger charge is 2.20. The minimum atomic E-state index is -0.936. The lowest BCUT2D eigenvalue weighted by atomic mass is 10.1. The Balaban J connectivity index is 1.69. The summed E-state index contributed by atoms with van der Waals surface area (Å²) in [5, 5.41) is 9.15. The third-order valence-corrected chi connectivity index (χ3v) is 5.67. The zero-order chi connectivity index (χ0) is 21.8. The molecule has 2 heterocycles. The van der Waals surface area contributed by atoms with Gasteiger partial charge in [-0.25, -0.2) is 9.78 Å².